The molecule has 0 aliphatic carbocycles. The summed E-state index contributed by atoms with van der Waals surface area (Å²) in [6.45, 7) is 0. The van der Waals surface area contributed by atoms with E-state index >= 15 is 0 Å². The molecule has 0 saturated heterocycles. The topological polar surface area (TPSA) is 47.6 Å². The minimum atomic E-state index is -0.247. The predicted molar refractivity (Wildman–Crippen MR) is 79.0 cm³/mol. The Morgan fingerprint density at radius 3 is 2.55 bits per heavy atom. The van der Waals surface area contributed by atoms with Gasteiger partial charge < -0.3 is 14.8 Å². The number of methoxy groups -OCH3 is 2. The highest BCUT2D eigenvalue weighted by Gasteiger charge is 2.09. The molecule has 0 unspecified atom stereocenters. The molecule has 0 spiro atoms. The second-order valence-electron chi connectivity index (χ2n) is 4.04. The highest BCUT2D eigenvalue weighted by Crippen LogP contribution is 2.25. The van der Waals surface area contributed by atoms with E-state index in [-0.39, 0.29) is 5.91 Å². The summed E-state index contributed by atoms with van der Waals surface area (Å²) >= 11 is 6.00. The first-order valence-electron chi connectivity index (χ1n) is 5.93. The van der Waals surface area contributed by atoms with Crippen LogP contribution >= 0.6 is 11.6 Å². The Morgan fingerprint density at radius 2 is 1.90 bits per heavy atom. The molecule has 0 fully saturated rings. The first kappa shape index (κ1) is 14.2. The summed E-state index contributed by atoms with van der Waals surface area (Å²) in [7, 11) is 3.10. The van der Waals surface area contributed by atoms with E-state index < -0.39 is 0 Å². The lowest BCUT2D eigenvalue weighted by Gasteiger charge is -2.08. The van der Waals surface area contributed by atoms with Gasteiger partial charge in [0.25, 0.3) is 5.91 Å². The van der Waals surface area contributed by atoms with E-state index in [9.17, 15) is 4.79 Å². The first-order valence-corrected chi connectivity index (χ1v) is 6.31. The maximum absolute atomic E-state index is 12.1. The van der Waals surface area contributed by atoms with Gasteiger partial charge in [0.1, 0.15) is 11.5 Å². The van der Waals surface area contributed by atoms with Gasteiger partial charge in [-0.2, -0.15) is 0 Å². The predicted octanol–water partition coefficient (Wildman–Crippen LogP) is 3.61. The number of nitrogens with one attached hydrogen (secondary N) is 1. The number of hydrogen-bond acceptors (Lipinski definition) is 3. The third kappa shape index (κ3) is 3.22. The molecule has 4 nitrogen and oxygen atoms in total. The molecule has 0 atom stereocenters. The maximum atomic E-state index is 12.1. The molecule has 0 bridgehead atoms. The van der Waals surface area contributed by atoms with Crippen molar-refractivity contribution >= 4 is 23.2 Å². The van der Waals surface area contributed by atoms with E-state index in [4.69, 9.17) is 21.1 Å². The van der Waals surface area contributed by atoms with Crippen LogP contribution in [0.4, 0.5) is 5.69 Å². The first-order chi connectivity index (χ1) is 9.63. The normalized spacial score (nSPS) is 9.95. The van der Waals surface area contributed by atoms with Crippen LogP contribution < -0.4 is 14.8 Å². The van der Waals surface area contributed by atoms with Gasteiger partial charge in [0.05, 0.1) is 19.2 Å². The van der Waals surface area contributed by atoms with Gasteiger partial charge in [0.15, 0.2) is 0 Å². The molecule has 2 aromatic carbocycles. The van der Waals surface area contributed by atoms with Crippen molar-refractivity contribution in [3.63, 3.8) is 0 Å². The molecule has 0 radical (unpaired) electrons. The van der Waals surface area contributed by atoms with Crippen LogP contribution in [0.25, 0.3) is 0 Å². The number of benzene rings is 2. The molecule has 5 heteroatoms. The zero-order chi connectivity index (χ0) is 14.5. The molecule has 1 N–H and O–H groups in total. The van der Waals surface area contributed by atoms with Gasteiger partial charge in [0, 0.05) is 17.3 Å². The van der Waals surface area contributed by atoms with Crippen molar-refractivity contribution in [2.24, 2.45) is 0 Å². The molecule has 20 heavy (non-hydrogen) atoms. The Morgan fingerprint density at radius 1 is 1.10 bits per heavy atom. The summed E-state index contributed by atoms with van der Waals surface area (Å²) in [6, 6.07) is 12.0. The van der Waals surface area contributed by atoms with Crippen molar-refractivity contribution in [3.8, 4) is 11.5 Å². The van der Waals surface area contributed by atoms with E-state index in [1.165, 1.54) is 7.11 Å². The Balaban J connectivity index is 2.17. The van der Waals surface area contributed by atoms with Gasteiger partial charge in [-0.1, -0.05) is 17.7 Å². The fraction of sp³-hybridized carbons (Fsp3) is 0.133. The number of carbonyl (C=O) groups is 1. The van der Waals surface area contributed by atoms with E-state index in [1.54, 1.807) is 49.6 Å². The number of ether oxygens (including phenoxy) is 2. The minimum absolute atomic E-state index is 0.247. The van der Waals surface area contributed by atoms with Crippen molar-refractivity contribution in [1.29, 1.82) is 0 Å². The van der Waals surface area contributed by atoms with Gasteiger partial charge in [-0.05, 0) is 30.3 Å². The van der Waals surface area contributed by atoms with E-state index in [2.05, 4.69) is 5.32 Å². The summed E-state index contributed by atoms with van der Waals surface area (Å²) < 4.78 is 10.2. The maximum Gasteiger partial charge on any atom is 0.255 e. The minimum Gasteiger partial charge on any atom is -0.497 e. The number of anilines is 1. The SMILES string of the molecule is COc1cccc(NC(=O)c2ccc(OC)c(Cl)c2)c1. The molecular formula is C15H14ClNO3. The second-order valence-corrected chi connectivity index (χ2v) is 4.44. The van der Waals surface area contributed by atoms with Crippen LogP contribution in [0.15, 0.2) is 42.5 Å². The fourth-order valence-electron chi connectivity index (χ4n) is 1.71. The fourth-order valence-corrected chi connectivity index (χ4v) is 1.97. The average Bonchev–Trinajstić information content (AvgIpc) is 2.47. The van der Waals surface area contributed by atoms with Gasteiger partial charge in [-0.15, -0.1) is 0 Å². The lowest BCUT2D eigenvalue weighted by Crippen LogP contribution is -2.11. The Hall–Kier alpha value is -2.20. The number of rotatable bonds is 4. The molecule has 0 heterocycles. The lowest BCUT2D eigenvalue weighted by molar-refractivity contribution is 0.102. The zero-order valence-electron chi connectivity index (χ0n) is 11.1. The summed E-state index contributed by atoms with van der Waals surface area (Å²) in [6.07, 6.45) is 0. The zero-order valence-corrected chi connectivity index (χ0v) is 11.9. The molecule has 2 rings (SSSR count). The smallest absolute Gasteiger partial charge is 0.255 e. The summed E-state index contributed by atoms with van der Waals surface area (Å²) in [4.78, 5) is 12.1. The molecule has 0 aliphatic rings. The van der Waals surface area contributed by atoms with Crippen molar-refractivity contribution in [2.45, 2.75) is 0 Å². The second kappa shape index (κ2) is 6.30. The van der Waals surface area contributed by atoms with Gasteiger partial charge in [-0.3, -0.25) is 4.79 Å². The highest BCUT2D eigenvalue weighted by atomic mass is 35.5. The van der Waals surface area contributed by atoms with Crippen molar-refractivity contribution < 1.29 is 14.3 Å². The molecule has 0 aliphatic heterocycles. The van der Waals surface area contributed by atoms with Crippen LogP contribution in [0.1, 0.15) is 10.4 Å². The molecular weight excluding hydrogens is 278 g/mol. The van der Waals surface area contributed by atoms with Crippen LogP contribution in [0, 0.1) is 0 Å². The van der Waals surface area contributed by atoms with Crippen LogP contribution in [0.5, 0.6) is 11.5 Å². The van der Waals surface area contributed by atoms with Crippen LogP contribution in [-0.2, 0) is 0 Å². The molecule has 0 aromatic heterocycles. The standard InChI is InChI=1S/C15H14ClNO3/c1-19-12-5-3-4-11(9-12)17-15(18)10-6-7-14(20-2)13(16)8-10/h3-9H,1-2H3,(H,17,18). The van der Waals surface area contributed by atoms with Crippen molar-refractivity contribution in [2.75, 3.05) is 19.5 Å². The van der Waals surface area contributed by atoms with E-state index in [0.717, 1.165) is 0 Å². The quantitative estimate of drug-likeness (QED) is 0.936. The summed E-state index contributed by atoms with van der Waals surface area (Å²) in [5, 5.41) is 3.17. The van der Waals surface area contributed by atoms with Crippen molar-refractivity contribution in [3.05, 3.63) is 53.1 Å². The van der Waals surface area contributed by atoms with Crippen LogP contribution in [0.2, 0.25) is 5.02 Å². The highest BCUT2D eigenvalue weighted by molar-refractivity contribution is 6.32. The number of halogens is 1. The lowest BCUT2D eigenvalue weighted by atomic mass is 10.2. The third-order valence-electron chi connectivity index (χ3n) is 2.74. The number of hydrogen-bond donors (Lipinski definition) is 1. The monoisotopic (exact) mass is 291 g/mol. The molecule has 2 aromatic rings. The molecule has 104 valence electrons. The van der Waals surface area contributed by atoms with Crippen molar-refractivity contribution in [1.82, 2.24) is 0 Å². The Bertz CT molecular complexity index is 628. The van der Waals surface area contributed by atoms with Crippen LogP contribution in [-0.4, -0.2) is 20.1 Å². The van der Waals surface area contributed by atoms with E-state index in [1.807, 2.05) is 0 Å². The van der Waals surface area contributed by atoms with Gasteiger partial charge >= 0.3 is 0 Å². The summed E-state index contributed by atoms with van der Waals surface area (Å²) in [5.41, 5.74) is 1.11. The van der Waals surface area contributed by atoms with Gasteiger partial charge in [0.2, 0.25) is 0 Å². The Kier molecular flexibility index (Phi) is 4.48. The number of carbonyl (C=O) groups excluding carboxylic acids is 1. The largest absolute Gasteiger partial charge is 0.497 e. The average molecular weight is 292 g/mol. The van der Waals surface area contributed by atoms with Crippen LogP contribution in [0.3, 0.4) is 0 Å². The molecule has 1 amide bonds. The number of amides is 1. The summed E-state index contributed by atoms with van der Waals surface area (Å²) in [5.74, 6) is 0.961. The van der Waals surface area contributed by atoms with Gasteiger partial charge in [-0.25, -0.2) is 0 Å². The Labute approximate surface area is 122 Å². The molecule has 0 saturated carbocycles. The van der Waals surface area contributed by atoms with E-state index in [0.29, 0.717) is 27.8 Å². The third-order valence-corrected chi connectivity index (χ3v) is 3.04.